The molecule has 218 valence electrons. The van der Waals surface area contributed by atoms with Gasteiger partial charge in [-0.25, -0.2) is 4.79 Å². The molecule has 3 aromatic carbocycles. The smallest absolute Gasteiger partial charge is 0.335 e. The second-order valence-electron chi connectivity index (χ2n) is 9.76. The van der Waals surface area contributed by atoms with Crippen molar-refractivity contribution >= 4 is 69.5 Å². The number of benzene rings is 3. The fraction of sp³-hybridized carbons (Fsp3) is 0.258. The molecule has 5 rings (SSSR count). The van der Waals surface area contributed by atoms with Gasteiger partial charge in [0.2, 0.25) is 0 Å². The third-order valence-electron chi connectivity index (χ3n) is 7.01. The maximum Gasteiger partial charge on any atom is 0.335 e. The van der Waals surface area contributed by atoms with E-state index < -0.39 is 5.97 Å². The molecule has 1 N–H and O–H groups in total. The second kappa shape index (κ2) is 14.0. The van der Waals surface area contributed by atoms with Gasteiger partial charge in [-0.3, -0.25) is 14.6 Å². The van der Waals surface area contributed by atoms with Crippen LogP contribution in [0.1, 0.15) is 21.5 Å². The van der Waals surface area contributed by atoms with Crippen LogP contribution in [-0.2, 0) is 16.0 Å². The number of carbonyl (C=O) groups is 2. The van der Waals surface area contributed by atoms with Gasteiger partial charge in [0.1, 0.15) is 16.7 Å². The minimum atomic E-state index is -0.976. The zero-order valence-corrected chi connectivity index (χ0v) is 25.7. The Bertz CT molecular complexity index is 1520. The summed E-state index contributed by atoms with van der Waals surface area (Å²) in [7, 11) is 0. The van der Waals surface area contributed by atoms with Crippen molar-refractivity contribution in [2.45, 2.75) is 6.42 Å². The molecule has 2 fully saturated rings. The molecule has 0 bridgehead atoms. The Kier molecular flexibility index (Phi) is 10.2. The summed E-state index contributed by atoms with van der Waals surface area (Å²) in [6.45, 7) is 4.83. The molecule has 11 heteroatoms. The van der Waals surface area contributed by atoms with Crippen molar-refractivity contribution in [2.75, 3.05) is 46.0 Å². The SMILES string of the molecule is O=C(O)c1ccc(CCN2C(=O)/C(=C/c3cc(-c4ccc(Cl)cc4Cl)ccc3OCCN3CCOCC3)SC2=S)cc1. The number of amides is 1. The van der Waals surface area contributed by atoms with Crippen LogP contribution in [0, 0.1) is 0 Å². The summed E-state index contributed by atoms with van der Waals surface area (Å²) in [5, 5.41) is 10.2. The number of hydrogen-bond donors (Lipinski definition) is 1. The van der Waals surface area contributed by atoms with Crippen LogP contribution in [0.3, 0.4) is 0 Å². The van der Waals surface area contributed by atoms with Gasteiger partial charge in [-0.2, -0.15) is 0 Å². The molecular formula is C31H28Cl2N2O5S2. The van der Waals surface area contributed by atoms with E-state index in [4.69, 9.17) is 50.0 Å². The summed E-state index contributed by atoms with van der Waals surface area (Å²) in [6.07, 6.45) is 2.36. The van der Waals surface area contributed by atoms with E-state index in [-0.39, 0.29) is 11.5 Å². The van der Waals surface area contributed by atoms with Gasteiger partial charge in [-0.15, -0.1) is 0 Å². The molecule has 0 unspecified atom stereocenters. The lowest BCUT2D eigenvalue weighted by Crippen LogP contribution is -2.38. The number of rotatable bonds is 10. The molecule has 42 heavy (non-hydrogen) atoms. The fourth-order valence-corrected chi connectivity index (χ4v) is 6.50. The largest absolute Gasteiger partial charge is 0.492 e. The molecule has 2 aliphatic rings. The van der Waals surface area contributed by atoms with Gasteiger partial charge in [0.25, 0.3) is 5.91 Å². The highest BCUT2D eigenvalue weighted by atomic mass is 35.5. The summed E-state index contributed by atoms with van der Waals surface area (Å²) in [6, 6.07) is 17.8. The number of thioether (sulfide) groups is 1. The number of halogens is 2. The Balaban J connectivity index is 1.36. The van der Waals surface area contributed by atoms with Gasteiger partial charge < -0.3 is 14.6 Å². The molecule has 0 aliphatic carbocycles. The molecular weight excluding hydrogens is 615 g/mol. The first-order chi connectivity index (χ1) is 20.3. The number of aromatic carboxylic acids is 1. The van der Waals surface area contributed by atoms with Crippen LogP contribution in [0.4, 0.5) is 0 Å². The lowest BCUT2D eigenvalue weighted by atomic mass is 10.0. The Morgan fingerprint density at radius 1 is 1.05 bits per heavy atom. The van der Waals surface area contributed by atoms with Crippen molar-refractivity contribution in [3.8, 4) is 16.9 Å². The average molecular weight is 644 g/mol. The molecule has 2 aliphatic heterocycles. The summed E-state index contributed by atoms with van der Waals surface area (Å²) >= 11 is 19.4. The fourth-order valence-electron chi connectivity index (χ4n) is 4.68. The minimum Gasteiger partial charge on any atom is -0.492 e. The van der Waals surface area contributed by atoms with Gasteiger partial charge in [-0.1, -0.05) is 71.4 Å². The number of carboxylic acid groups (broad SMARTS) is 1. The number of thiocarbonyl (C=S) groups is 1. The molecule has 0 aromatic heterocycles. The van der Waals surface area contributed by atoms with Crippen LogP contribution in [0.15, 0.2) is 65.6 Å². The molecule has 2 saturated heterocycles. The lowest BCUT2D eigenvalue weighted by Gasteiger charge is -2.26. The van der Waals surface area contributed by atoms with Crippen LogP contribution in [-0.4, -0.2) is 77.1 Å². The maximum absolute atomic E-state index is 13.4. The summed E-state index contributed by atoms with van der Waals surface area (Å²) in [5.41, 5.74) is 3.56. The monoisotopic (exact) mass is 642 g/mol. The van der Waals surface area contributed by atoms with Crippen LogP contribution in [0.2, 0.25) is 10.0 Å². The van der Waals surface area contributed by atoms with Gasteiger partial charge in [0.15, 0.2) is 0 Å². The first-order valence-electron chi connectivity index (χ1n) is 13.4. The Hall–Kier alpha value is -2.92. The van der Waals surface area contributed by atoms with Crippen molar-refractivity contribution < 1.29 is 24.2 Å². The third kappa shape index (κ3) is 7.53. The maximum atomic E-state index is 13.4. The van der Waals surface area contributed by atoms with Crippen LogP contribution >= 0.6 is 47.2 Å². The number of nitrogens with zero attached hydrogens (tertiary/aromatic N) is 2. The van der Waals surface area contributed by atoms with E-state index in [0.29, 0.717) is 44.6 Å². The molecule has 1 amide bonds. The zero-order valence-electron chi connectivity index (χ0n) is 22.6. The minimum absolute atomic E-state index is 0.179. The summed E-state index contributed by atoms with van der Waals surface area (Å²) in [5.74, 6) is -0.502. The molecule has 3 aromatic rings. The summed E-state index contributed by atoms with van der Waals surface area (Å²) in [4.78, 5) is 28.9. The number of hydrogen-bond acceptors (Lipinski definition) is 7. The van der Waals surface area contributed by atoms with Gasteiger partial charge in [-0.05, 0) is 60.0 Å². The summed E-state index contributed by atoms with van der Waals surface area (Å²) < 4.78 is 12.1. The topological polar surface area (TPSA) is 79.3 Å². The highest BCUT2D eigenvalue weighted by molar-refractivity contribution is 8.26. The van der Waals surface area contributed by atoms with Crippen molar-refractivity contribution in [3.05, 3.63) is 92.3 Å². The van der Waals surface area contributed by atoms with Gasteiger partial charge in [0, 0.05) is 47.4 Å². The molecule has 0 atom stereocenters. The van der Waals surface area contributed by atoms with Gasteiger partial charge in [0.05, 0.1) is 23.7 Å². The Morgan fingerprint density at radius 2 is 1.81 bits per heavy atom. The van der Waals surface area contributed by atoms with Crippen LogP contribution < -0.4 is 4.74 Å². The van der Waals surface area contributed by atoms with E-state index in [1.165, 1.54) is 11.8 Å². The number of morpholine rings is 1. The second-order valence-corrected chi connectivity index (χ2v) is 12.3. The van der Waals surface area contributed by atoms with Crippen molar-refractivity contribution in [2.24, 2.45) is 0 Å². The number of carboxylic acids is 1. The standard InChI is InChI=1S/C31H28Cl2N2O5S2/c32-24-6-7-25(26(33)19-24)22-5-8-27(40-16-13-34-11-14-39-15-12-34)23(17-22)18-28-29(36)35(31(41)42-28)10-9-20-1-3-21(4-2-20)30(37)38/h1-8,17-19H,9-16H2,(H,37,38)/b28-18-. The van der Waals surface area contributed by atoms with E-state index in [1.807, 2.05) is 30.3 Å². The molecule has 2 heterocycles. The van der Waals surface area contributed by atoms with Crippen LogP contribution in [0.5, 0.6) is 5.75 Å². The van der Waals surface area contributed by atoms with E-state index in [2.05, 4.69) is 4.90 Å². The van der Waals surface area contributed by atoms with E-state index in [1.54, 1.807) is 41.3 Å². The van der Waals surface area contributed by atoms with Gasteiger partial charge >= 0.3 is 5.97 Å². The van der Waals surface area contributed by atoms with Crippen molar-refractivity contribution in [1.82, 2.24) is 9.80 Å². The quantitative estimate of drug-likeness (QED) is 0.198. The molecule has 7 nitrogen and oxygen atoms in total. The first kappa shape index (κ1) is 30.5. The van der Waals surface area contributed by atoms with Crippen molar-refractivity contribution in [1.29, 1.82) is 0 Å². The molecule has 0 spiro atoms. The number of carbonyl (C=O) groups excluding carboxylic acids is 1. The van der Waals surface area contributed by atoms with Crippen LogP contribution in [0.25, 0.3) is 17.2 Å². The zero-order chi connectivity index (χ0) is 29.6. The van der Waals surface area contributed by atoms with E-state index in [9.17, 15) is 9.59 Å². The normalized spacial score (nSPS) is 16.8. The highest BCUT2D eigenvalue weighted by Crippen LogP contribution is 2.37. The van der Waals surface area contributed by atoms with E-state index >= 15 is 0 Å². The highest BCUT2D eigenvalue weighted by Gasteiger charge is 2.32. The van der Waals surface area contributed by atoms with Crippen molar-refractivity contribution in [3.63, 3.8) is 0 Å². The Labute approximate surface area is 264 Å². The predicted molar refractivity (Wildman–Crippen MR) is 172 cm³/mol. The molecule has 0 radical (unpaired) electrons. The molecule has 0 saturated carbocycles. The predicted octanol–water partition coefficient (Wildman–Crippen LogP) is 6.51. The number of ether oxygens (including phenoxy) is 2. The first-order valence-corrected chi connectivity index (χ1v) is 15.4. The van der Waals surface area contributed by atoms with E-state index in [0.717, 1.165) is 55.1 Å². The Morgan fingerprint density at radius 3 is 2.52 bits per heavy atom. The lowest BCUT2D eigenvalue weighted by molar-refractivity contribution is -0.122. The average Bonchev–Trinajstić information content (AvgIpc) is 3.24. The third-order valence-corrected chi connectivity index (χ3v) is 8.93.